The second-order valence-electron chi connectivity index (χ2n) is 7.40. The van der Waals surface area contributed by atoms with Crippen LogP contribution in [0.25, 0.3) is 0 Å². The highest BCUT2D eigenvalue weighted by molar-refractivity contribution is 5.99. The van der Waals surface area contributed by atoms with E-state index in [0.717, 1.165) is 17.7 Å². The molecular formula is C25H35N3O3. The van der Waals surface area contributed by atoms with Crippen molar-refractivity contribution in [2.45, 2.75) is 58.8 Å². The lowest BCUT2D eigenvalue weighted by Crippen LogP contribution is -2.19. The minimum absolute atomic E-state index is 0.353. The van der Waals surface area contributed by atoms with Gasteiger partial charge < -0.3 is 15.2 Å². The van der Waals surface area contributed by atoms with E-state index in [1.54, 1.807) is 30.5 Å². The Morgan fingerprint density at radius 1 is 0.968 bits per heavy atom. The van der Waals surface area contributed by atoms with E-state index in [1.807, 2.05) is 25.1 Å². The first-order valence-corrected chi connectivity index (χ1v) is 11.2. The van der Waals surface area contributed by atoms with Crippen molar-refractivity contribution in [1.29, 1.82) is 0 Å². The fourth-order valence-electron chi connectivity index (χ4n) is 3.16. The number of rotatable bonds is 14. The molecule has 1 amide bonds. The molecule has 31 heavy (non-hydrogen) atoms. The third kappa shape index (κ3) is 8.70. The maximum Gasteiger partial charge on any atom is 0.273 e. The van der Waals surface area contributed by atoms with Gasteiger partial charge in [-0.1, -0.05) is 57.6 Å². The molecule has 0 radical (unpaired) electrons. The predicted molar refractivity (Wildman–Crippen MR) is 127 cm³/mol. The maximum atomic E-state index is 12.2. The second kappa shape index (κ2) is 14.1. The zero-order valence-electron chi connectivity index (χ0n) is 18.7. The van der Waals surface area contributed by atoms with Gasteiger partial charge in [0, 0.05) is 5.69 Å². The Bertz CT molecular complexity index is 837. The molecule has 0 aromatic heterocycles. The zero-order valence-corrected chi connectivity index (χ0v) is 18.7. The van der Waals surface area contributed by atoms with E-state index in [1.165, 1.54) is 38.5 Å². The monoisotopic (exact) mass is 425 g/mol. The van der Waals surface area contributed by atoms with E-state index < -0.39 is 0 Å². The molecule has 0 unspecified atom stereocenters. The molecule has 0 aliphatic rings. The highest BCUT2D eigenvalue weighted by Crippen LogP contribution is 2.28. The van der Waals surface area contributed by atoms with Gasteiger partial charge in [0.2, 0.25) is 0 Å². The standard InChI is InChI=1S/C25H35N3O3/c1-3-5-6-7-8-9-12-17-31-23-16-15-20(18-24(23)30-4-2)19-27-28-25(29)21-13-10-11-14-22(21)26/h10-11,13-16,18-19H,3-9,12,17,26H2,1-2H3,(H,28,29)/b27-19-. The molecule has 168 valence electrons. The van der Waals surface area contributed by atoms with Gasteiger partial charge in [0.15, 0.2) is 11.5 Å². The summed E-state index contributed by atoms with van der Waals surface area (Å²) in [7, 11) is 0. The lowest BCUT2D eigenvalue weighted by molar-refractivity contribution is 0.0956. The third-order valence-corrected chi connectivity index (χ3v) is 4.86. The number of nitrogen functional groups attached to an aromatic ring is 1. The number of nitrogens with zero attached hydrogens (tertiary/aromatic N) is 1. The molecule has 0 saturated carbocycles. The molecule has 0 fully saturated rings. The number of ether oxygens (including phenoxy) is 2. The molecule has 0 aliphatic heterocycles. The van der Waals surface area contributed by atoms with Crippen molar-refractivity contribution in [3.8, 4) is 11.5 Å². The summed E-state index contributed by atoms with van der Waals surface area (Å²) in [6.45, 7) is 5.39. The van der Waals surface area contributed by atoms with Gasteiger partial charge >= 0.3 is 0 Å². The zero-order chi connectivity index (χ0) is 22.3. The number of anilines is 1. The fourth-order valence-corrected chi connectivity index (χ4v) is 3.16. The van der Waals surface area contributed by atoms with Crippen molar-refractivity contribution in [2.75, 3.05) is 18.9 Å². The molecule has 6 nitrogen and oxygen atoms in total. The van der Waals surface area contributed by atoms with Gasteiger partial charge in [-0.25, -0.2) is 5.43 Å². The number of hydrogen-bond acceptors (Lipinski definition) is 5. The predicted octanol–water partition coefficient (Wildman–Crippen LogP) is 5.56. The van der Waals surface area contributed by atoms with Gasteiger partial charge in [-0.05, 0) is 49.2 Å². The van der Waals surface area contributed by atoms with Crippen LogP contribution in [0.15, 0.2) is 47.6 Å². The average Bonchev–Trinajstić information content (AvgIpc) is 2.77. The van der Waals surface area contributed by atoms with Crippen LogP contribution >= 0.6 is 0 Å². The SMILES string of the molecule is CCCCCCCCCOc1ccc(/C=N\NC(=O)c2ccccc2N)cc1OCC. The minimum atomic E-state index is -0.353. The Kier molecular flexibility index (Phi) is 11.0. The fraction of sp³-hybridized carbons (Fsp3) is 0.440. The van der Waals surface area contributed by atoms with Gasteiger partial charge in [0.05, 0.1) is 25.0 Å². The van der Waals surface area contributed by atoms with Gasteiger partial charge in [-0.2, -0.15) is 5.10 Å². The molecule has 0 saturated heterocycles. The smallest absolute Gasteiger partial charge is 0.273 e. The summed E-state index contributed by atoms with van der Waals surface area (Å²) in [6.07, 6.45) is 10.3. The Morgan fingerprint density at radius 2 is 1.71 bits per heavy atom. The normalized spacial score (nSPS) is 10.9. The molecule has 0 atom stereocenters. The highest BCUT2D eigenvalue weighted by Gasteiger charge is 2.08. The van der Waals surface area contributed by atoms with E-state index in [2.05, 4.69) is 17.5 Å². The van der Waals surface area contributed by atoms with Crippen LogP contribution in [0.5, 0.6) is 11.5 Å². The average molecular weight is 426 g/mol. The summed E-state index contributed by atoms with van der Waals surface area (Å²) >= 11 is 0. The Morgan fingerprint density at radius 3 is 2.45 bits per heavy atom. The van der Waals surface area contributed by atoms with E-state index in [9.17, 15) is 4.79 Å². The van der Waals surface area contributed by atoms with Gasteiger partial charge in [-0.15, -0.1) is 0 Å². The minimum Gasteiger partial charge on any atom is -0.490 e. The number of benzene rings is 2. The lowest BCUT2D eigenvalue weighted by atomic mass is 10.1. The van der Waals surface area contributed by atoms with Crippen molar-refractivity contribution in [2.24, 2.45) is 5.10 Å². The van der Waals surface area contributed by atoms with Crippen LogP contribution in [0, 0.1) is 0 Å². The Balaban J connectivity index is 1.85. The number of nitrogens with two attached hydrogens (primary N) is 1. The summed E-state index contributed by atoms with van der Waals surface area (Å²) in [5.74, 6) is 1.05. The van der Waals surface area contributed by atoms with Crippen LogP contribution in [0.4, 0.5) is 5.69 Å². The van der Waals surface area contributed by atoms with E-state index >= 15 is 0 Å². The van der Waals surface area contributed by atoms with E-state index in [-0.39, 0.29) is 5.91 Å². The number of hydrazone groups is 1. The molecule has 2 rings (SSSR count). The summed E-state index contributed by atoms with van der Waals surface area (Å²) in [5.41, 5.74) is 9.92. The molecule has 6 heteroatoms. The summed E-state index contributed by atoms with van der Waals surface area (Å²) in [6, 6.07) is 12.5. The first-order valence-electron chi connectivity index (χ1n) is 11.2. The number of amides is 1. The van der Waals surface area contributed by atoms with Crippen molar-refractivity contribution < 1.29 is 14.3 Å². The topological polar surface area (TPSA) is 85.9 Å². The van der Waals surface area contributed by atoms with Crippen molar-refractivity contribution in [3.05, 3.63) is 53.6 Å². The molecule has 0 aliphatic carbocycles. The number of nitrogens with one attached hydrogen (secondary N) is 1. The van der Waals surface area contributed by atoms with Crippen LogP contribution in [-0.2, 0) is 0 Å². The van der Waals surface area contributed by atoms with Crippen molar-refractivity contribution >= 4 is 17.8 Å². The largest absolute Gasteiger partial charge is 0.490 e. The summed E-state index contributed by atoms with van der Waals surface area (Å²) in [5, 5.41) is 4.03. The van der Waals surface area contributed by atoms with E-state index in [0.29, 0.717) is 30.2 Å². The third-order valence-electron chi connectivity index (χ3n) is 4.86. The first kappa shape index (κ1) is 24.3. The molecule has 0 spiro atoms. The molecule has 3 N–H and O–H groups in total. The Hall–Kier alpha value is -3.02. The summed E-state index contributed by atoms with van der Waals surface area (Å²) < 4.78 is 11.7. The van der Waals surface area contributed by atoms with Crippen LogP contribution < -0.4 is 20.6 Å². The quantitative estimate of drug-likeness (QED) is 0.180. The number of hydrogen-bond donors (Lipinski definition) is 2. The second-order valence-corrected chi connectivity index (χ2v) is 7.40. The van der Waals surface area contributed by atoms with Gasteiger partial charge in [0.25, 0.3) is 5.91 Å². The molecule has 2 aromatic carbocycles. The van der Waals surface area contributed by atoms with Crippen molar-refractivity contribution in [1.82, 2.24) is 5.43 Å². The molecule has 2 aromatic rings. The number of para-hydroxylation sites is 1. The maximum absolute atomic E-state index is 12.2. The number of carbonyl (C=O) groups is 1. The first-order chi connectivity index (χ1) is 15.2. The number of unbranched alkanes of at least 4 members (excludes halogenated alkanes) is 6. The highest BCUT2D eigenvalue weighted by atomic mass is 16.5. The number of carbonyl (C=O) groups excluding carboxylic acids is 1. The Labute approximate surface area is 185 Å². The molecular weight excluding hydrogens is 390 g/mol. The van der Waals surface area contributed by atoms with Crippen LogP contribution in [0.2, 0.25) is 0 Å². The van der Waals surface area contributed by atoms with E-state index in [4.69, 9.17) is 15.2 Å². The summed E-state index contributed by atoms with van der Waals surface area (Å²) in [4.78, 5) is 12.2. The van der Waals surface area contributed by atoms with Crippen LogP contribution in [0.1, 0.15) is 74.7 Å². The van der Waals surface area contributed by atoms with Crippen molar-refractivity contribution in [3.63, 3.8) is 0 Å². The molecule has 0 bridgehead atoms. The van der Waals surface area contributed by atoms with Gasteiger partial charge in [0.1, 0.15) is 0 Å². The van der Waals surface area contributed by atoms with Crippen LogP contribution in [0.3, 0.4) is 0 Å². The molecule has 0 heterocycles. The van der Waals surface area contributed by atoms with Crippen LogP contribution in [-0.4, -0.2) is 25.3 Å². The van der Waals surface area contributed by atoms with Gasteiger partial charge in [-0.3, -0.25) is 4.79 Å². The lowest BCUT2D eigenvalue weighted by Gasteiger charge is -2.12.